The van der Waals surface area contributed by atoms with E-state index in [1.807, 2.05) is 6.07 Å². The van der Waals surface area contributed by atoms with Crippen molar-refractivity contribution in [2.24, 2.45) is 4.99 Å². The van der Waals surface area contributed by atoms with Crippen LogP contribution in [0.15, 0.2) is 29.3 Å². The number of benzene rings is 1. The van der Waals surface area contributed by atoms with Gasteiger partial charge >= 0.3 is 0 Å². The van der Waals surface area contributed by atoms with Gasteiger partial charge in [0.15, 0.2) is 5.96 Å². The van der Waals surface area contributed by atoms with E-state index in [0.29, 0.717) is 6.54 Å². The average molecular weight is 274 g/mol. The molecule has 108 valence electrons. The molecule has 0 amide bonds. The summed E-state index contributed by atoms with van der Waals surface area (Å²) < 4.78 is 0. The minimum Gasteiger partial charge on any atom is -0.395 e. The predicted octanol–water partition coefficient (Wildman–Crippen LogP) is 1.36. The Hall–Kier alpha value is -1.75. The van der Waals surface area contributed by atoms with Gasteiger partial charge < -0.3 is 20.2 Å². The molecule has 2 N–H and O–H groups in total. The van der Waals surface area contributed by atoms with E-state index >= 15 is 0 Å². The first-order chi connectivity index (χ1) is 9.88. The number of hydrogen-bond donors (Lipinski definition) is 2. The molecule has 1 aromatic carbocycles. The number of aliphatic hydroxyl groups excluding tert-OH is 1. The van der Waals surface area contributed by atoms with Crippen LogP contribution in [-0.2, 0) is 0 Å². The maximum atomic E-state index is 9.11. The van der Waals surface area contributed by atoms with Crippen LogP contribution in [0.25, 0.3) is 0 Å². The van der Waals surface area contributed by atoms with E-state index in [0.717, 1.165) is 37.8 Å². The summed E-state index contributed by atoms with van der Waals surface area (Å²) in [6, 6.07) is 8.40. The summed E-state index contributed by atoms with van der Waals surface area (Å²) in [6.07, 6.45) is 2.54. The summed E-state index contributed by atoms with van der Waals surface area (Å²) in [6.45, 7) is 4.74. The zero-order valence-corrected chi connectivity index (χ0v) is 11.8. The van der Waals surface area contributed by atoms with Crippen molar-refractivity contribution in [2.75, 3.05) is 49.5 Å². The Morgan fingerprint density at radius 2 is 1.95 bits per heavy atom. The molecule has 0 bridgehead atoms. The summed E-state index contributed by atoms with van der Waals surface area (Å²) in [4.78, 5) is 9.02. The van der Waals surface area contributed by atoms with Gasteiger partial charge in [-0.05, 0) is 25.0 Å². The summed E-state index contributed by atoms with van der Waals surface area (Å²) in [5.41, 5.74) is 2.36. The molecule has 20 heavy (non-hydrogen) atoms. The van der Waals surface area contributed by atoms with Crippen molar-refractivity contribution >= 4 is 17.3 Å². The van der Waals surface area contributed by atoms with E-state index in [4.69, 9.17) is 5.11 Å². The molecule has 1 fully saturated rings. The fourth-order valence-corrected chi connectivity index (χ4v) is 2.87. The van der Waals surface area contributed by atoms with Crippen LogP contribution in [0.3, 0.4) is 0 Å². The first-order valence-electron chi connectivity index (χ1n) is 7.40. The molecular weight excluding hydrogens is 252 g/mol. The molecule has 0 saturated carbocycles. The second kappa shape index (κ2) is 6.13. The molecule has 0 unspecified atom stereocenters. The van der Waals surface area contributed by atoms with Gasteiger partial charge in [0, 0.05) is 26.2 Å². The van der Waals surface area contributed by atoms with E-state index < -0.39 is 0 Å². The van der Waals surface area contributed by atoms with Crippen molar-refractivity contribution in [3.8, 4) is 0 Å². The lowest BCUT2D eigenvalue weighted by Crippen LogP contribution is -2.35. The van der Waals surface area contributed by atoms with Gasteiger partial charge in [-0.3, -0.25) is 4.99 Å². The second-order valence-electron chi connectivity index (χ2n) is 5.25. The topological polar surface area (TPSA) is 51.1 Å². The van der Waals surface area contributed by atoms with E-state index in [1.54, 1.807) is 0 Å². The Kier molecular flexibility index (Phi) is 4.06. The molecule has 0 aliphatic carbocycles. The minimum atomic E-state index is 0.161. The number of aliphatic hydroxyl groups is 1. The lowest BCUT2D eigenvalue weighted by atomic mass is 10.2. The van der Waals surface area contributed by atoms with Crippen LogP contribution in [0.5, 0.6) is 0 Å². The monoisotopic (exact) mass is 274 g/mol. The molecule has 2 aliphatic heterocycles. The molecule has 2 aliphatic rings. The van der Waals surface area contributed by atoms with Crippen LogP contribution >= 0.6 is 0 Å². The third-order valence-electron chi connectivity index (χ3n) is 3.90. The minimum absolute atomic E-state index is 0.161. The van der Waals surface area contributed by atoms with Crippen LogP contribution in [0.4, 0.5) is 11.4 Å². The standard InChI is InChI=1S/C15H22N4O/c20-12-11-19-10-7-16-15(19)17-13-5-1-2-6-14(13)18-8-3-4-9-18/h1-2,5-6,20H,3-4,7-12H2,(H,16,17). The van der Waals surface area contributed by atoms with Crippen LogP contribution in [0, 0.1) is 0 Å². The van der Waals surface area contributed by atoms with Crippen molar-refractivity contribution < 1.29 is 5.11 Å². The molecule has 0 atom stereocenters. The highest BCUT2D eigenvalue weighted by molar-refractivity contribution is 5.97. The summed E-state index contributed by atoms with van der Waals surface area (Å²) in [5.74, 6) is 0.880. The van der Waals surface area contributed by atoms with Gasteiger partial charge in [-0.2, -0.15) is 0 Å². The number of aliphatic imine (C=N–C) groups is 1. The van der Waals surface area contributed by atoms with Gasteiger partial charge in [-0.1, -0.05) is 12.1 Å². The molecule has 1 aromatic rings. The quantitative estimate of drug-likeness (QED) is 0.870. The molecule has 5 nitrogen and oxygen atoms in total. The SMILES string of the molecule is OCCN1CCN=C1Nc1ccccc1N1CCCC1. The Morgan fingerprint density at radius 3 is 2.75 bits per heavy atom. The predicted molar refractivity (Wildman–Crippen MR) is 82.5 cm³/mol. The van der Waals surface area contributed by atoms with E-state index in [9.17, 15) is 0 Å². The molecule has 3 rings (SSSR count). The van der Waals surface area contributed by atoms with Gasteiger partial charge in [-0.15, -0.1) is 0 Å². The maximum Gasteiger partial charge on any atom is 0.198 e. The van der Waals surface area contributed by atoms with Crippen molar-refractivity contribution in [1.82, 2.24) is 4.90 Å². The lowest BCUT2D eigenvalue weighted by Gasteiger charge is -2.24. The molecular formula is C15H22N4O. The number of rotatable bonds is 4. The zero-order chi connectivity index (χ0) is 13.8. The Balaban J connectivity index is 1.77. The number of nitrogens with zero attached hydrogens (tertiary/aromatic N) is 3. The second-order valence-corrected chi connectivity index (χ2v) is 5.25. The third kappa shape index (κ3) is 2.72. The lowest BCUT2D eigenvalue weighted by molar-refractivity contribution is 0.256. The van der Waals surface area contributed by atoms with Gasteiger partial charge in [0.05, 0.1) is 24.5 Å². The Morgan fingerprint density at radius 1 is 1.15 bits per heavy atom. The normalized spacial score (nSPS) is 18.6. The molecule has 0 aromatic heterocycles. The number of nitrogens with one attached hydrogen (secondary N) is 1. The highest BCUT2D eigenvalue weighted by Crippen LogP contribution is 2.29. The van der Waals surface area contributed by atoms with Gasteiger partial charge in [0.25, 0.3) is 0 Å². The largest absolute Gasteiger partial charge is 0.395 e. The number of guanidine groups is 1. The fourth-order valence-electron chi connectivity index (χ4n) is 2.87. The van der Waals surface area contributed by atoms with Crippen LogP contribution in [0.2, 0.25) is 0 Å². The summed E-state index contributed by atoms with van der Waals surface area (Å²) >= 11 is 0. The highest BCUT2D eigenvalue weighted by atomic mass is 16.3. The molecule has 0 radical (unpaired) electrons. The van der Waals surface area contributed by atoms with Gasteiger partial charge in [-0.25, -0.2) is 0 Å². The number of anilines is 2. The van der Waals surface area contributed by atoms with Gasteiger partial charge in [0.2, 0.25) is 0 Å². The average Bonchev–Trinajstić information content (AvgIpc) is 3.12. The Bertz CT molecular complexity index is 483. The first kappa shape index (κ1) is 13.2. The Labute approximate surface area is 119 Å². The van der Waals surface area contributed by atoms with Crippen LogP contribution in [0.1, 0.15) is 12.8 Å². The molecule has 2 heterocycles. The summed E-state index contributed by atoms with van der Waals surface area (Å²) in [5, 5.41) is 12.5. The van der Waals surface area contributed by atoms with E-state index in [2.05, 4.69) is 38.3 Å². The molecule has 5 heteroatoms. The number of hydrogen-bond acceptors (Lipinski definition) is 5. The smallest absolute Gasteiger partial charge is 0.198 e. The number of β-amino-alcohol motifs (C(OH)–C–C–N with tert-alkyl or cyclic N) is 1. The number of para-hydroxylation sites is 2. The highest BCUT2D eigenvalue weighted by Gasteiger charge is 2.20. The van der Waals surface area contributed by atoms with Crippen molar-refractivity contribution in [2.45, 2.75) is 12.8 Å². The molecule has 0 spiro atoms. The zero-order valence-electron chi connectivity index (χ0n) is 11.8. The summed E-state index contributed by atoms with van der Waals surface area (Å²) in [7, 11) is 0. The first-order valence-corrected chi connectivity index (χ1v) is 7.40. The van der Waals surface area contributed by atoms with Crippen molar-refractivity contribution in [3.63, 3.8) is 0 Å². The molecule has 1 saturated heterocycles. The van der Waals surface area contributed by atoms with Crippen molar-refractivity contribution in [3.05, 3.63) is 24.3 Å². The van der Waals surface area contributed by atoms with Crippen molar-refractivity contribution in [1.29, 1.82) is 0 Å². The maximum absolute atomic E-state index is 9.11. The van der Waals surface area contributed by atoms with E-state index in [1.165, 1.54) is 18.5 Å². The van der Waals surface area contributed by atoms with Crippen LogP contribution < -0.4 is 10.2 Å². The van der Waals surface area contributed by atoms with Crippen LogP contribution in [-0.4, -0.2) is 55.3 Å². The van der Waals surface area contributed by atoms with E-state index in [-0.39, 0.29) is 6.61 Å². The van der Waals surface area contributed by atoms with Gasteiger partial charge in [0.1, 0.15) is 0 Å². The fraction of sp³-hybridized carbons (Fsp3) is 0.533. The third-order valence-corrected chi connectivity index (χ3v) is 3.90.